The first-order valence-corrected chi connectivity index (χ1v) is 12.6. The molecule has 0 aliphatic heterocycles. The molecule has 8 heteroatoms. The fourth-order valence-electron chi connectivity index (χ4n) is 3.57. The van der Waals surface area contributed by atoms with Crippen LogP contribution in [0.15, 0.2) is 119 Å². The quantitative estimate of drug-likeness (QED) is 0.263. The summed E-state index contributed by atoms with van der Waals surface area (Å²) in [5, 5.41) is 4.04. The Hall–Kier alpha value is -4.43. The molecule has 0 radical (unpaired) electrons. The average Bonchev–Trinajstić information content (AvgIpc) is 2.93. The topological polar surface area (TPSA) is 88.1 Å². The molecule has 0 saturated carbocycles. The molecule has 4 aromatic rings. The van der Waals surface area contributed by atoms with Crippen molar-refractivity contribution in [1.29, 1.82) is 0 Å². The predicted octanol–water partition coefficient (Wildman–Crippen LogP) is 4.85. The van der Waals surface area contributed by atoms with Crippen molar-refractivity contribution in [2.75, 3.05) is 11.4 Å². The van der Waals surface area contributed by atoms with E-state index < -0.39 is 15.9 Å². The minimum absolute atomic E-state index is 0.0531. The number of para-hydroxylation sites is 1. The summed E-state index contributed by atoms with van der Waals surface area (Å²) in [6.45, 7) is 0.0531. The van der Waals surface area contributed by atoms with Crippen molar-refractivity contribution in [3.05, 3.63) is 126 Å². The van der Waals surface area contributed by atoms with Crippen LogP contribution in [-0.2, 0) is 16.6 Å². The fraction of sp³-hybridized carbons (Fsp3) is 0.0714. The standard InChI is InChI=1S/C28H25N3O4S/c1-35-24-18-16-22(17-19-24)20-29-30-28(32)26-14-8-9-15-27(26)31(21-23-10-4-2-5-11-23)36(33,34)25-12-6-3-7-13-25/h2-20H,21H2,1H3,(H,30,32)/b29-20-. The lowest BCUT2D eigenvalue weighted by Crippen LogP contribution is -2.33. The van der Waals surface area contributed by atoms with Crippen molar-refractivity contribution < 1.29 is 17.9 Å². The van der Waals surface area contributed by atoms with Gasteiger partial charge in [0.2, 0.25) is 0 Å². The molecule has 1 amide bonds. The lowest BCUT2D eigenvalue weighted by molar-refractivity contribution is 0.0955. The van der Waals surface area contributed by atoms with Crippen molar-refractivity contribution in [3.63, 3.8) is 0 Å². The second kappa shape index (κ2) is 11.3. The summed E-state index contributed by atoms with van der Waals surface area (Å²) in [5.74, 6) is 0.180. The van der Waals surface area contributed by atoms with Crippen molar-refractivity contribution in [2.24, 2.45) is 5.10 Å². The molecule has 4 rings (SSSR count). The van der Waals surface area contributed by atoms with Crippen molar-refractivity contribution >= 4 is 27.8 Å². The Bertz CT molecular complexity index is 1440. The minimum Gasteiger partial charge on any atom is -0.497 e. The zero-order chi connectivity index (χ0) is 25.4. The Morgan fingerprint density at radius 2 is 1.47 bits per heavy atom. The molecule has 7 nitrogen and oxygen atoms in total. The van der Waals surface area contributed by atoms with Gasteiger partial charge in [0.05, 0.1) is 36.0 Å². The van der Waals surface area contributed by atoms with Crippen LogP contribution >= 0.6 is 0 Å². The highest BCUT2D eigenvalue weighted by Gasteiger charge is 2.28. The van der Waals surface area contributed by atoms with E-state index >= 15 is 0 Å². The van der Waals surface area contributed by atoms with Crippen molar-refractivity contribution in [3.8, 4) is 5.75 Å². The Morgan fingerprint density at radius 1 is 0.861 bits per heavy atom. The number of anilines is 1. The SMILES string of the molecule is COc1ccc(/C=N\NC(=O)c2ccccc2N(Cc2ccccc2)S(=O)(=O)c2ccccc2)cc1. The first-order valence-electron chi connectivity index (χ1n) is 11.2. The molecule has 4 aromatic carbocycles. The van der Waals surface area contributed by atoms with Crippen LogP contribution in [0.25, 0.3) is 0 Å². The number of benzene rings is 4. The number of hydrogen-bond acceptors (Lipinski definition) is 5. The van der Waals surface area contributed by atoms with Gasteiger partial charge in [0, 0.05) is 0 Å². The molecule has 0 atom stereocenters. The van der Waals surface area contributed by atoms with E-state index in [1.807, 2.05) is 30.3 Å². The number of hydrazone groups is 1. The third kappa shape index (κ3) is 5.79. The second-order valence-electron chi connectivity index (χ2n) is 7.80. The molecule has 0 bridgehead atoms. The number of hydrogen-bond donors (Lipinski definition) is 1. The largest absolute Gasteiger partial charge is 0.497 e. The number of sulfonamides is 1. The van der Waals surface area contributed by atoms with E-state index in [9.17, 15) is 13.2 Å². The van der Waals surface area contributed by atoms with Crippen LogP contribution in [0.1, 0.15) is 21.5 Å². The Kier molecular flexibility index (Phi) is 7.77. The normalized spacial score (nSPS) is 11.2. The van der Waals surface area contributed by atoms with Gasteiger partial charge >= 0.3 is 0 Å². The van der Waals surface area contributed by atoms with Gasteiger partial charge in [-0.05, 0) is 59.7 Å². The molecule has 182 valence electrons. The molecular weight excluding hydrogens is 474 g/mol. The summed E-state index contributed by atoms with van der Waals surface area (Å²) in [5.41, 5.74) is 4.48. The van der Waals surface area contributed by atoms with E-state index in [0.717, 1.165) is 11.1 Å². The van der Waals surface area contributed by atoms with Gasteiger partial charge in [0.25, 0.3) is 15.9 Å². The van der Waals surface area contributed by atoms with Crippen LogP contribution in [0.5, 0.6) is 5.75 Å². The van der Waals surface area contributed by atoms with Crippen molar-refractivity contribution in [1.82, 2.24) is 5.43 Å². The highest BCUT2D eigenvalue weighted by molar-refractivity contribution is 7.92. The molecular formula is C28H25N3O4S. The summed E-state index contributed by atoms with van der Waals surface area (Å²) < 4.78 is 33.8. The van der Waals surface area contributed by atoms with E-state index in [0.29, 0.717) is 5.75 Å². The number of nitrogens with zero attached hydrogens (tertiary/aromatic N) is 2. The number of methoxy groups -OCH3 is 1. The smallest absolute Gasteiger partial charge is 0.273 e. The maximum Gasteiger partial charge on any atom is 0.273 e. The Balaban J connectivity index is 1.66. The summed E-state index contributed by atoms with van der Waals surface area (Å²) >= 11 is 0. The van der Waals surface area contributed by atoms with Crippen LogP contribution in [0.2, 0.25) is 0 Å². The zero-order valence-corrected chi connectivity index (χ0v) is 20.4. The van der Waals surface area contributed by atoms with Gasteiger partial charge in [-0.1, -0.05) is 60.7 Å². The second-order valence-corrected chi connectivity index (χ2v) is 9.66. The average molecular weight is 500 g/mol. The highest BCUT2D eigenvalue weighted by Crippen LogP contribution is 2.29. The maximum atomic E-state index is 13.7. The molecule has 36 heavy (non-hydrogen) atoms. The van der Waals surface area contributed by atoms with Gasteiger partial charge in [-0.3, -0.25) is 9.10 Å². The monoisotopic (exact) mass is 499 g/mol. The lowest BCUT2D eigenvalue weighted by atomic mass is 10.1. The molecule has 0 fully saturated rings. The first-order chi connectivity index (χ1) is 17.5. The third-order valence-corrected chi connectivity index (χ3v) is 7.19. The third-order valence-electron chi connectivity index (χ3n) is 5.41. The molecule has 0 unspecified atom stereocenters. The predicted molar refractivity (Wildman–Crippen MR) is 141 cm³/mol. The fourth-order valence-corrected chi connectivity index (χ4v) is 5.06. The lowest BCUT2D eigenvalue weighted by Gasteiger charge is -2.26. The molecule has 0 aliphatic rings. The molecule has 0 saturated heterocycles. The Labute approximate surface area is 210 Å². The number of ether oxygens (including phenoxy) is 1. The van der Waals surface area contributed by atoms with Crippen LogP contribution in [0.4, 0.5) is 5.69 Å². The van der Waals surface area contributed by atoms with E-state index in [4.69, 9.17) is 4.74 Å². The van der Waals surface area contributed by atoms with Crippen LogP contribution in [0, 0.1) is 0 Å². The van der Waals surface area contributed by atoms with Gasteiger partial charge in [-0.15, -0.1) is 0 Å². The maximum absolute atomic E-state index is 13.7. The summed E-state index contributed by atoms with van der Waals surface area (Å²) in [6, 6.07) is 31.1. The first kappa shape index (κ1) is 24.7. The van der Waals surface area contributed by atoms with Gasteiger partial charge in [0.15, 0.2) is 0 Å². The molecule has 0 aromatic heterocycles. The number of carbonyl (C=O) groups excluding carboxylic acids is 1. The van der Waals surface area contributed by atoms with E-state index in [2.05, 4.69) is 10.5 Å². The molecule has 0 spiro atoms. The Morgan fingerprint density at radius 3 is 2.14 bits per heavy atom. The summed E-state index contributed by atoms with van der Waals surface area (Å²) in [7, 11) is -2.39. The van der Waals surface area contributed by atoms with E-state index in [-0.39, 0.29) is 22.7 Å². The number of carbonyl (C=O) groups is 1. The van der Waals surface area contributed by atoms with Gasteiger partial charge in [-0.25, -0.2) is 13.8 Å². The van der Waals surface area contributed by atoms with Gasteiger partial charge in [-0.2, -0.15) is 5.10 Å². The minimum atomic E-state index is -3.98. The van der Waals surface area contributed by atoms with E-state index in [1.165, 1.54) is 22.7 Å². The summed E-state index contributed by atoms with van der Waals surface area (Å²) in [6.07, 6.45) is 1.50. The highest BCUT2D eigenvalue weighted by atomic mass is 32.2. The molecule has 0 heterocycles. The summed E-state index contributed by atoms with van der Waals surface area (Å²) in [4.78, 5) is 13.2. The van der Waals surface area contributed by atoms with Crippen LogP contribution in [-0.4, -0.2) is 27.6 Å². The van der Waals surface area contributed by atoms with Crippen LogP contribution in [0.3, 0.4) is 0 Å². The molecule has 1 N–H and O–H groups in total. The number of amides is 1. The number of nitrogens with one attached hydrogen (secondary N) is 1. The van der Waals surface area contributed by atoms with Gasteiger partial charge in [0.1, 0.15) is 5.75 Å². The van der Waals surface area contributed by atoms with Crippen molar-refractivity contribution in [2.45, 2.75) is 11.4 Å². The number of rotatable bonds is 9. The molecule has 0 aliphatic carbocycles. The van der Waals surface area contributed by atoms with Crippen LogP contribution < -0.4 is 14.5 Å². The zero-order valence-electron chi connectivity index (χ0n) is 19.6. The van der Waals surface area contributed by atoms with Gasteiger partial charge < -0.3 is 4.74 Å². The van der Waals surface area contributed by atoms with E-state index in [1.54, 1.807) is 73.8 Å².